The zero-order valence-corrected chi connectivity index (χ0v) is 9.25. The minimum atomic E-state index is -1.00. The molecule has 3 N–H and O–H groups in total. The molecule has 0 spiro atoms. The van der Waals surface area contributed by atoms with Crippen LogP contribution in [-0.4, -0.2) is 22.8 Å². The van der Waals surface area contributed by atoms with Crippen molar-refractivity contribution in [1.82, 2.24) is 0 Å². The molecular weight excluding hydrogens is 230 g/mol. The van der Waals surface area contributed by atoms with Crippen LogP contribution >= 0.6 is 11.3 Å². The summed E-state index contributed by atoms with van der Waals surface area (Å²) in [7, 11) is 0. The number of hydrogen-bond acceptors (Lipinski definition) is 4. The second-order valence-electron chi connectivity index (χ2n) is 3.23. The summed E-state index contributed by atoms with van der Waals surface area (Å²) in [5.74, 6) is -1.77. The van der Waals surface area contributed by atoms with Gasteiger partial charge in [-0.05, 0) is 11.4 Å². The quantitative estimate of drug-likeness (QED) is 0.770. The third-order valence-corrected chi connectivity index (χ3v) is 2.91. The summed E-state index contributed by atoms with van der Waals surface area (Å²) in [6.07, 6.45) is -0.134. The van der Waals surface area contributed by atoms with Crippen LogP contribution in [0.1, 0.15) is 28.1 Å². The van der Waals surface area contributed by atoms with Crippen molar-refractivity contribution in [3.05, 3.63) is 21.9 Å². The number of carboxylic acids is 1. The number of amides is 1. The third-order valence-electron chi connectivity index (χ3n) is 1.99. The second-order valence-corrected chi connectivity index (χ2v) is 4.23. The van der Waals surface area contributed by atoms with Crippen LogP contribution in [0.15, 0.2) is 11.4 Å². The number of Topliss-reactive ketones (excluding diaryl/α,β-unsaturated/α-hetero) is 1. The van der Waals surface area contributed by atoms with Crippen LogP contribution < -0.4 is 5.73 Å². The van der Waals surface area contributed by atoms with Crippen molar-refractivity contribution in [1.29, 1.82) is 0 Å². The number of carbonyl (C=O) groups is 3. The Kier molecular flexibility index (Phi) is 4.19. The van der Waals surface area contributed by atoms with Gasteiger partial charge >= 0.3 is 5.97 Å². The van der Waals surface area contributed by atoms with Gasteiger partial charge in [-0.1, -0.05) is 0 Å². The van der Waals surface area contributed by atoms with E-state index in [0.29, 0.717) is 10.4 Å². The van der Waals surface area contributed by atoms with Crippen molar-refractivity contribution in [2.75, 3.05) is 0 Å². The van der Waals surface area contributed by atoms with Gasteiger partial charge in [0, 0.05) is 17.7 Å². The Balaban J connectivity index is 2.59. The number of hydrogen-bond donors (Lipinski definition) is 2. The topological polar surface area (TPSA) is 97.5 Å². The molecule has 0 aliphatic carbocycles. The van der Waals surface area contributed by atoms with Crippen molar-refractivity contribution in [2.24, 2.45) is 5.73 Å². The van der Waals surface area contributed by atoms with Crippen LogP contribution in [0.2, 0.25) is 0 Å². The Morgan fingerprint density at radius 1 is 1.31 bits per heavy atom. The van der Waals surface area contributed by atoms with E-state index in [1.165, 1.54) is 11.3 Å². The molecule has 0 aliphatic heterocycles. The summed E-state index contributed by atoms with van der Waals surface area (Å²) in [6, 6.07) is 1.56. The Hall–Kier alpha value is -1.69. The average molecular weight is 241 g/mol. The molecule has 86 valence electrons. The van der Waals surface area contributed by atoms with Gasteiger partial charge in [0.15, 0.2) is 0 Å². The van der Waals surface area contributed by atoms with Gasteiger partial charge in [0.2, 0.25) is 5.91 Å². The molecule has 1 rings (SSSR count). The molecule has 0 aromatic carbocycles. The molecule has 1 heterocycles. The number of rotatable bonds is 6. The normalized spacial score (nSPS) is 10.0. The maximum Gasteiger partial charge on any atom is 0.303 e. The Bertz CT molecular complexity index is 424. The highest BCUT2D eigenvalue weighted by Crippen LogP contribution is 2.17. The molecule has 1 aromatic heterocycles. The SMILES string of the molecule is NC(=O)c1ccsc1CC(=O)CCC(=O)O. The standard InChI is InChI=1S/C10H11NO4S/c11-10(15)7-3-4-16-8(7)5-6(12)1-2-9(13)14/h3-4H,1-2,5H2,(H2,11,15)(H,13,14). The molecule has 0 bridgehead atoms. The molecule has 6 heteroatoms. The Morgan fingerprint density at radius 2 is 2.00 bits per heavy atom. The summed E-state index contributed by atoms with van der Waals surface area (Å²) in [6.45, 7) is 0. The van der Waals surface area contributed by atoms with Crippen molar-refractivity contribution in [3.8, 4) is 0 Å². The van der Waals surface area contributed by atoms with E-state index >= 15 is 0 Å². The van der Waals surface area contributed by atoms with E-state index in [9.17, 15) is 14.4 Å². The van der Waals surface area contributed by atoms with Crippen molar-refractivity contribution < 1.29 is 19.5 Å². The Labute approximate surface area is 95.9 Å². The van der Waals surface area contributed by atoms with Gasteiger partial charge < -0.3 is 10.8 Å². The first-order valence-electron chi connectivity index (χ1n) is 4.60. The van der Waals surface area contributed by atoms with Crippen LogP contribution in [0.25, 0.3) is 0 Å². The van der Waals surface area contributed by atoms with Gasteiger partial charge in [-0.25, -0.2) is 0 Å². The zero-order chi connectivity index (χ0) is 12.1. The lowest BCUT2D eigenvalue weighted by atomic mass is 10.1. The van der Waals surface area contributed by atoms with E-state index < -0.39 is 11.9 Å². The number of carboxylic acid groups (broad SMARTS) is 1. The molecular formula is C10H11NO4S. The first-order valence-corrected chi connectivity index (χ1v) is 5.48. The molecule has 0 saturated heterocycles. The molecule has 5 nitrogen and oxygen atoms in total. The molecule has 0 unspecified atom stereocenters. The molecule has 0 fully saturated rings. The fourth-order valence-electron chi connectivity index (χ4n) is 1.21. The van der Waals surface area contributed by atoms with E-state index in [-0.39, 0.29) is 25.0 Å². The van der Waals surface area contributed by atoms with Gasteiger partial charge in [-0.3, -0.25) is 14.4 Å². The van der Waals surface area contributed by atoms with Crippen molar-refractivity contribution in [3.63, 3.8) is 0 Å². The summed E-state index contributed by atoms with van der Waals surface area (Å²) in [5.41, 5.74) is 5.46. The number of thiophene rings is 1. The number of primary amides is 1. The maximum absolute atomic E-state index is 11.4. The minimum Gasteiger partial charge on any atom is -0.481 e. The third kappa shape index (κ3) is 3.47. The fraction of sp³-hybridized carbons (Fsp3) is 0.300. The summed E-state index contributed by atoms with van der Waals surface area (Å²) < 4.78 is 0. The highest BCUT2D eigenvalue weighted by molar-refractivity contribution is 7.10. The van der Waals surface area contributed by atoms with E-state index in [0.717, 1.165) is 0 Å². The molecule has 0 aliphatic rings. The molecule has 1 aromatic rings. The second kappa shape index (κ2) is 5.41. The monoisotopic (exact) mass is 241 g/mol. The lowest BCUT2D eigenvalue weighted by Gasteiger charge is -1.99. The average Bonchev–Trinajstić information content (AvgIpc) is 2.62. The first-order chi connectivity index (χ1) is 7.50. The maximum atomic E-state index is 11.4. The van der Waals surface area contributed by atoms with Gasteiger partial charge in [0.05, 0.1) is 12.0 Å². The molecule has 16 heavy (non-hydrogen) atoms. The van der Waals surface area contributed by atoms with E-state index in [4.69, 9.17) is 10.8 Å². The predicted octanol–water partition coefficient (Wildman–Crippen LogP) is 0.823. The van der Waals surface area contributed by atoms with Gasteiger partial charge in [0.25, 0.3) is 0 Å². The summed E-state index contributed by atoms with van der Waals surface area (Å²) >= 11 is 1.27. The van der Waals surface area contributed by atoms with Crippen molar-refractivity contribution in [2.45, 2.75) is 19.3 Å². The van der Waals surface area contributed by atoms with Crippen LogP contribution in [0, 0.1) is 0 Å². The summed E-state index contributed by atoms with van der Waals surface area (Å²) in [4.78, 5) is 33.2. The van der Waals surface area contributed by atoms with Crippen LogP contribution in [0.3, 0.4) is 0 Å². The van der Waals surface area contributed by atoms with Gasteiger partial charge in [0.1, 0.15) is 5.78 Å². The van der Waals surface area contributed by atoms with Crippen LogP contribution in [0.4, 0.5) is 0 Å². The van der Waals surface area contributed by atoms with Crippen molar-refractivity contribution >= 4 is 29.0 Å². The highest BCUT2D eigenvalue weighted by Gasteiger charge is 2.13. The lowest BCUT2D eigenvalue weighted by molar-refractivity contribution is -0.138. The minimum absolute atomic E-state index is 0.0224. The summed E-state index contributed by atoms with van der Waals surface area (Å²) in [5, 5.41) is 10.1. The number of ketones is 1. The zero-order valence-electron chi connectivity index (χ0n) is 8.43. The van der Waals surface area contributed by atoms with E-state index in [1.54, 1.807) is 11.4 Å². The molecule has 0 saturated carbocycles. The number of aliphatic carboxylic acids is 1. The molecule has 0 radical (unpaired) electrons. The van der Waals surface area contributed by atoms with Crippen LogP contribution in [0.5, 0.6) is 0 Å². The fourth-order valence-corrected chi connectivity index (χ4v) is 2.12. The predicted molar refractivity (Wildman–Crippen MR) is 58.4 cm³/mol. The van der Waals surface area contributed by atoms with E-state index in [2.05, 4.69) is 0 Å². The van der Waals surface area contributed by atoms with Crippen LogP contribution in [-0.2, 0) is 16.0 Å². The number of carbonyl (C=O) groups excluding carboxylic acids is 2. The lowest BCUT2D eigenvalue weighted by Crippen LogP contribution is -2.14. The first kappa shape index (κ1) is 12.4. The Morgan fingerprint density at radius 3 is 2.56 bits per heavy atom. The largest absolute Gasteiger partial charge is 0.481 e. The van der Waals surface area contributed by atoms with E-state index in [1.807, 2.05) is 0 Å². The van der Waals surface area contributed by atoms with Gasteiger partial charge in [-0.2, -0.15) is 0 Å². The van der Waals surface area contributed by atoms with Gasteiger partial charge in [-0.15, -0.1) is 11.3 Å². The smallest absolute Gasteiger partial charge is 0.303 e. The number of nitrogens with two attached hydrogens (primary N) is 1. The molecule has 1 amide bonds. The highest BCUT2D eigenvalue weighted by atomic mass is 32.1. The molecule has 0 atom stereocenters.